The van der Waals surface area contributed by atoms with Gasteiger partial charge in [0.2, 0.25) is 0 Å². The van der Waals surface area contributed by atoms with Gasteiger partial charge in [0.25, 0.3) is 0 Å². The lowest BCUT2D eigenvalue weighted by molar-refractivity contribution is -0.158. The standard InChI is InChI=1S/C27H48N2O3/c1-5-28(6-2)22-16-21-19-8-7-18-15-24(30)23(29-11-13-32-14-12-29)17-27(18,4)20(19)9-10-26(21,3)25(22)31/h18-25,30-31H,5-17H2,1-4H3/t18?,19?,20?,21?,22-,23+,24+,25+,26+,27+/m1/s1. The number of likely N-dealkylation sites (N-methyl/N-ethyl adjacent to an activating group) is 1. The molecule has 4 aliphatic carbocycles. The van der Waals surface area contributed by atoms with E-state index < -0.39 is 0 Å². The Morgan fingerprint density at radius 2 is 1.66 bits per heavy atom. The van der Waals surface area contributed by atoms with Gasteiger partial charge in [-0.3, -0.25) is 9.80 Å². The maximum atomic E-state index is 11.5. The lowest BCUT2D eigenvalue weighted by Crippen LogP contribution is -2.61. The quantitative estimate of drug-likeness (QED) is 0.691. The van der Waals surface area contributed by atoms with Crippen molar-refractivity contribution in [2.75, 3.05) is 39.4 Å². The summed E-state index contributed by atoms with van der Waals surface area (Å²) in [6.45, 7) is 15.1. The minimum Gasteiger partial charge on any atom is -0.391 e. The van der Waals surface area contributed by atoms with E-state index in [-0.39, 0.29) is 17.6 Å². The minimum atomic E-state index is -0.187. The van der Waals surface area contributed by atoms with Crippen LogP contribution in [-0.2, 0) is 4.74 Å². The van der Waals surface area contributed by atoms with Gasteiger partial charge in [0.15, 0.2) is 0 Å². The lowest BCUT2D eigenvalue weighted by Gasteiger charge is -2.62. The van der Waals surface area contributed by atoms with Crippen LogP contribution < -0.4 is 0 Å². The fourth-order valence-corrected chi connectivity index (χ4v) is 9.59. The van der Waals surface area contributed by atoms with Gasteiger partial charge in [0, 0.05) is 25.2 Å². The Balaban J connectivity index is 1.39. The van der Waals surface area contributed by atoms with Crippen molar-refractivity contribution in [2.45, 2.75) is 96.9 Å². The van der Waals surface area contributed by atoms with Crippen molar-refractivity contribution in [3.8, 4) is 0 Å². The van der Waals surface area contributed by atoms with E-state index in [0.717, 1.165) is 64.1 Å². The van der Waals surface area contributed by atoms with Crippen LogP contribution in [0.2, 0.25) is 0 Å². The third-order valence-corrected chi connectivity index (χ3v) is 11.5. The van der Waals surface area contributed by atoms with Gasteiger partial charge < -0.3 is 14.9 Å². The SMILES string of the molecule is CCN(CC)[C@@H]1CC2C3CCC4C[C@H](O)[C@@H](N5CCOCC5)C[C@]4(C)C3CC[C@]2(C)[C@H]1O. The van der Waals surface area contributed by atoms with Crippen LogP contribution in [0.3, 0.4) is 0 Å². The van der Waals surface area contributed by atoms with E-state index in [4.69, 9.17) is 4.74 Å². The van der Waals surface area contributed by atoms with Gasteiger partial charge in [-0.25, -0.2) is 0 Å². The van der Waals surface area contributed by atoms with Crippen LogP contribution in [-0.4, -0.2) is 83.7 Å². The number of ether oxygens (including phenoxy) is 1. The van der Waals surface area contributed by atoms with Gasteiger partial charge >= 0.3 is 0 Å². The summed E-state index contributed by atoms with van der Waals surface area (Å²) in [6.07, 6.45) is 7.94. The summed E-state index contributed by atoms with van der Waals surface area (Å²) < 4.78 is 5.61. The summed E-state index contributed by atoms with van der Waals surface area (Å²) >= 11 is 0. The van der Waals surface area contributed by atoms with Crippen molar-refractivity contribution in [3.05, 3.63) is 0 Å². The minimum absolute atomic E-state index is 0.0788. The molecule has 0 aromatic carbocycles. The van der Waals surface area contributed by atoms with Gasteiger partial charge in [-0.1, -0.05) is 27.7 Å². The molecule has 0 bridgehead atoms. The average molecular weight is 449 g/mol. The highest BCUT2D eigenvalue weighted by molar-refractivity contribution is 5.14. The summed E-state index contributed by atoms with van der Waals surface area (Å²) in [5, 5.41) is 22.6. The summed E-state index contributed by atoms with van der Waals surface area (Å²) in [5.74, 6) is 2.79. The van der Waals surface area contributed by atoms with Crippen molar-refractivity contribution in [1.82, 2.24) is 9.80 Å². The molecular formula is C27H48N2O3. The number of nitrogens with zero attached hydrogens (tertiary/aromatic N) is 2. The average Bonchev–Trinajstić information content (AvgIpc) is 3.06. The molecule has 32 heavy (non-hydrogen) atoms. The van der Waals surface area contributed by atoms with Crippen molar-refractivity contribution in [3.63, 3.8) is 0 Å². The molecule has 0 aromatic heterocycles. The molecule has 2 N–H and O–H groups in total. The maximum absolute atomic E-state index is 11.5. The lowest BCUT2D eigenvalue weighted by atomic mass is 9.44. The second-order valence-electron chi connectivity index (χ2n) is 12.4. The van der Waals surface area contributed by atoms with E-state index in [1.807, 2.05) is 0 Å². The first-order valence-corrected chi connectivity index (χ1v) is 13.8. The van der Waals surface area contributed by atoms with Crippen molar-refractivity contribution in [2.24, 2.45) is 34.5 Å². The molecule has 5 rings (SSSR count). The Morgan fingerprint density at radius 3 is 2.34 bits per heavy atom. The Morgan fingerprint density at radius 1 is 0.938 bits per heavy atom. The third kappa shape index (κ3) is 3.52. The first-order valence-electron chi connectivity index (χ1n) is 13.8. The van der Waals surface area contributed by atoms with Gasteiger partial charge in [-0.05, 0) is 92.5 Å². The van der Waals surface area contributed by atoms with E-state index in [2.05, 4.69) is 37.5 Å². The fourth-order valence-electron chi connectivity index (χ4n) is 9.59. The van der Waals surface area contributed by atoms with E-state index in [0.29, 0.717) is 29.3 Å². The van der Waals surface area contributed by atoms with E-state index >= 15 is 0 Å². The summed E-state index contributed by atoms with van der Waals surface area (Å²) in [6, 6.07) is 0.628. The van der Waals surface area contributed by atoms with E-state index in [1.165, 1.54) is 32.1 Å². The highest BCUT2D eigenvalue weighted by atomic mass is 16.5. The largest absolute Gasteiger partial charge is 0.391 e. The molecule has 1 saturated heterocycles. The van der Waals surface area contributed by atoms with Crippen LogP contribution in [0.4, 0.5) is 0 Å². The first-order chi connectivity index (χ1) is 15.3. The smallest absolute Gasteiger partial charge is 0.0751 e. The van der Waals surface area contributed by atoms with Crippen LogP contribution in [0.5, 0.6) is 0 Å². The van der Waals surface area contributed by atoms with Crippen LogP contribution in [0.25, 0.3) is 0 Å². The normalized spacial score (nSPS) is 51.8. The molecule has 0 aromatic rings. The van der Waals surface area contributed by atoms with Crippen LogP contribution in [0.1, 0.15) is 72.6 Å². The molecular weight excluding hydrogens is 400 g/mol. The molecule has 4 saturated carbocycles. The molecule has 1 aliphatic heterocycles. The number of fused-ring (bicyclic) bond motifs is 5. The molecule has 5 aliphatic rings. The maximum Gasteiger partial charge on any atom is 0.0751 e. The Bertz CT molecular complexity index is 665. The zero-order valence-electron chi connectivity index (χ0n) is 21.0. The third-order valence-electron chi connectivity index (χ3n) is 11.5. The second kappa shape index (κ2) is 8.78. The van der Waals surface area contributed by atoms with Crippen molar-refractivity contribution in [1.29, 1.82) is 0 Å². The van der Waals surface area contributed by atoms with Crippen LogP contribution >= 0.6 is 0 Å². The van der Waals surface area contributed by atoms with E-state index in [1.54, 1.807) is 0 Å². The summed E-state index contributed by atoms with van der Waals surface area (Å²) in [4.78, 5) is 5.05. The van der Waals surface area contributed by atoms with Crippen LogP contribution in [0, 0.1) is 34.5 Å². The molecule has 184 valence electrons. The number of aliphatic hydroxyl groups excluding tert-OH is 2. The molecule has 5 nitrogen and oxygen atoms in total. The predicted molar refractivity (Wildman–Crippen MR) is 127 cm³/mol. The fraction of sp³-hybridized carbons (Fsp3) is 1.00. The molecule has 0 radical (unpaired) electrons. The van der Waals surface area contributed by atoms with Gasteiger partial charge in [-0.15, -0.1) is 0 Å². The number of hydrogen-bond acceptors (Lipinski definition) is 5. The van der Waals surface area contributed by atoms with Crippen molar-refractivity contribution >= 4 is 0 Å². The van der Waals surface area contributed by atoms with Gasteiger partial charge in [0.1, 0.15) is 0 Å². The molecule has 10 atom stereocenters. The Labute approximate surface area is 195 Å². The van der Waals surface area contributed by atoms with Gasteiger partial charge in [0.05, 0.1) is 25.4 Å². The number of morpholine rings is 1. The molecule has 5 fully saturated rings. The number of aliphatic hydroxyl groups is 2. The Hall–Kier alpha value is -0.200. The topological polar surface area (TPSA) is 56.2 Å². The first kappa shape index (κ1) is 23.5. The summed E-state index contributed by atoms with van der Waals surface area (Å²) in [5.41, 5.74) is 0.403. The number of rotatable bonds is 4. The zero-order chi connectivity index (χ0) is 22.7. The summed E-state index contributed by atoms with van der Waals surface area (Å²) in [7, 11) is 0. The van der Waals surface area contributed by atoms with Crippen LogP contribution in [0.15, 0.2) is 0 Å². The predicted octanol–water partition coefficient (Wildman–Crippen LogP) is 3.38. The second-order valence-corrected chi connectivity index (χ2v) is 12.4. The molecule has 5 heteroatoms. The highest BCUT2D eigenvalue weighted by Gasteiger charge is 2.63. The molecule has 1 heterocycles. The van der Waals surface area contributed by atoms with Gasteiger partial charge in [-0.2, -0.15) is 0 Å². The highest BCUT2D eigenvalue weighted by Crippen LogP contribution is 2.66. The van der Waals surface area contributed by atoms with Crippen molar-refractivity contribution < 1.29 is 14.9 Å². The number of hydrogen-bond donors (Lipinski definition) is 2. The molecule has 0 spiro atoms. The molecule has 4 unspecified atom stereocenters. The zero-order valence-corrected chi connectivity index (χ0v) is 21.0. The Kier molecular flexibility index (Phi) is 6.46. The molecule has 0 amide bonds. The monoisotopic (exact) mass is 448 g/mol. The van der Waals surface area contributed by atoms with E-state index in [9.17, 15) is 10.2 Å².